The van der Waals surface area contributed by atoms with E-state index in [0.717, 1.165) is 6.08 Å². The molecule has 0 saturated carbocycles. The summed E-state index contributed by atoms with van der Waals surface area (Å²) < 4.78 is 0. The molecule has 0 rings (SSSR count). The summed E-state index contributed by atoms with van der Waals surface area (Å²) in [6.07, 6.45) is 18.7. The Bertz CT molecular complexity index is 227. The van der Waals surface area contributed by atoms with E-state index in [1.54, 1.807) is 24.6 Å². The smallest absolute Gasteiger partial charge is 0.0636 e. The van der Waals surface area contributed by atoms with Crippen LogP contribution in [0.5, 0.6) is 0 Å². The fourth-order valence-corrected chi connectivity index (χ4v) is 7.93. The molecule has 0 aromatic carbocycles. The van der Waals surface area contributed by atoms with E-state index in [0.29, 0.717) is 0 Å². The zero-order valence-corrected chi connectivity index (χ0v) is 16.4. The van der Waals surface area contributed by atoms with Crippen molar-refractivity contribution in [3.05, 3.63) is 12.7 Å². The van der Waals surface area contributed by atoms with Gasteiger partial charge in [0.2, 0.25) is 0 Å². The van der Waals surface area contributed by atoms with E-state index in [2.05, 4.69) is 34.3 Å². The number of aliphatic carboxylic acids is 1. The Balaban J connectivity index is 0. The van der Waals surface area contributed by atoms with Crippen molar-refractivity contribution in [2.24, 2.45) is 0 Å². The van der Waals surface area contributed by atoms with E-state index in [1.165, 1.54) is 51.4 Å². The average molecular weight is 330 g/mol. The second kappa shape index (κ2) is 17.0. The Labute approximate surface area is 140 Å². The summed E-state index contributed by atoms with van der Waals surface area (Å²) in [5.74, 6) is -1.23. The second-order valence-corrected chi connectivity index (χ2v) is 10.6. The van der Waals surface area contributed by atoms with Gasteiger partial charge in [-0.05, 0) is 31.8 Å². The molecule has 0 N–H and O–H groups in total. The normalized spacial score (nSPS) is 10.7. The minimum absolute atomic E-state index is 0.562. The van der Waals surface area contributed by atoms with Gasteiger partial charge in [-0.2, -0.15) is 0 Å². The van der Waals surface area contributed by atoms with E-state index >= 15 is 0 Å². The van der Waals surface area contributed by atoms with Crippen LogP contribution in [-0.2, 0) is 4.79 Å². The number of rotatable bonds is 13. The number of hydrogen-bond donors (Lipinski definition) is 0. The molecule has 0 unspecified atom stereocenters. The summed E-state index contributed by atoms with van der Waals surface area (Å²) in [6.45, 7) is 12.3. The summed E-state index contributed by atoms with van der Waals surface area (Å²) in [5, 5.41) is 9.14. The monoisotopic (exact) mass is 330 g/mol. The van der Waals surface area contributed by atoms with Crippen LogP contribution in [0.2, 0.25) is 0 Å². The predicted molar refractivity (Wildman–Crippen MR) is 101 cm³/mol. The van der Waals surface area contributed by atoms with Gasteiger partial charge >= 0.3 is 0 Å². The minimum Gasteiger partial charge on any atom is -0.545 e. The molecule has 0 aliphatic rings. The van der Waals surface area contributed by atoms with Crippen LogP contribution in [-0.4, -0.2) is 30.6 Å². The molecular formula is C19H39O2P. The third-order valence-electron chi connectivity index (χ3n) is 4.11. The lowest BCUT2D eigenvalue weighted by Gasteiger charge is -2.28. The highest BCUT2D eigenvalue weighted by Crippen LogP contribution is 2.61. The fourth-order valence-electron chi connectivity index (χ4n) is 2.64. The molecule has 0 aromatic rings. The summed E-state index contributed by atoms with van der Waals surface area (Å²) >= 11 is 0. The minimum atomic E-state index is -1.23. The molecule has 3 heteroatoms. The molecule has 0 saturated heterocycles. The van der Waals surface area contributed by atoms with Crippen LogP contribution in [0.1, 0.15) is 79.1 Å². The highest BCUT2D eigenvalue weighted by molar-refractivity contribution is 7.75. The number of unbranched alkanes of at least 4 members (excludes halogenated alkanes) is 4. The number of carbonyl (C=O) groups excluding carboxylic acids is 1. The Morgan fingerprint density at radius 2 is 1.05 bits per heavy atom. The topological polar surface area (TPSA) is 40.1 Å². The van der Waals surface area contributed by atoms with E-state index in [9.17, 15) is 0 Å². The first-order chi connectivity index (χ1) is 10.5. The Hall–Kier alpha value is -0.360. The molecular weight excluding hydrogens is 291 g/mol. The molecule has 0 fully saturated rings. The summed E-state index contributed by atoms with van der Waals surface area (Å²) in [7, 11) is -0.562. The van der Waals surface area contributed by atoms with Crippen LogP contribution in [0.25, 0.3) is 0 Å². The molecule has 2 nitrogen and oxygen atoms in total. The number of carboxylic acid groups (broad SMARTS) is 1. The summed E-state index contributed by atoms with van der Waals surface area (Å²) in [4.78, 5) is 9.14. The van der Waals surface area contributed by atoms with Crippen molar-refractivity contribution in [1.82, 2.24) is 0 Å². The van der Waals surface area contributed by atoms with Crippen molar-refractivity contribution in [2.75, 3.05) is 24.6 Å². The van der Waals surface area contributed by atoms with Crippen molar-refractivity contribution < 1.29 is 9.90 Å². The molecule has 0 heterocycles. The molecule has 22 heavy (non-hydrogen) atoms. The third kappa shape index (κ3) is 14.6. The Morgan fingerprint density at radius 3 is 1.18 bits per heavy atom. The maximum Gasteiger partial charge on any atom is 0.0636 e. The molecule has 132 valence electrons. The van der Waals surface area contributed by atoms with Crippen molar-refractivity contribution in [3.8, 4) is 0 Å². The van der Waals surface area contributed by atoms with Gasteiger partial charge in [-0.3, -0.25) is 0 Å². The van der Waals surface area contributed by atoms with Crippen LogP contribution < -0.4 is 5.11 Å². The highest BCUT2D eigenvalue weighted by atomic mass is 31.2. The fraction of sp³-hybridized carbons (Fsp3) is 0.842. The van der Waals surface area contributed by atoms with E-state index in [1.807, 2.05) is 0 Å². The van der Waals surface area contributed by atoms with E-state index in [4.69, 9.17) is 9.90 Å². The van der Waals surface area contributed by atoms with Gasteiger partial charge in [0.1, 0.15) is 0 Å². The first-order valence-electron chi connectivity index (χ1n) is 9.20. The maximum absolute atomic E-state index is 9.14. The van der Waals surface area contributed by atoms with E-state index < -0.39 is 13.2 Å². The molecule has 0 amide bonds. The molecule has 0 aliphatic heterocycles. The second-order valence-electron chi connectivity index (χ2n) is 6.17. The van der Waals surface area contributed by atoms with Gasteiger partial charge in [0.15, 0.2) is 0 Å². The lowest BCUT2D eigenvalue weighted by molar-refractivity contribution is -0.297. The average Bonchev–Trinajstić information content (AvgIpc) is 2.54. The van der Waals surface area contributed by atoms with Gasteiger partial charge in [0.05, 0.1) is 30.6 Å². The molecule has 0 spiro atoms. The van der Waals surface area contributed by atoms with Gasteiger partial charge < -0.3 is 9.90 Å². The zero-order valence-electron chi connectivity index (χ0n) is 15.5. The van der Waals surface area contributed by atoms with Crippen molar-refractivity contribution in [2.45, 2.75) is 79.1 Å². The van der Waals surface area contributed by atoms with Crippen LogP contribution >= 0.6 is 7.26 Å². The third-order valence-corrected chi connectivity index (χ3v) is 9.17. The molecule has 0 atom stereocenters. The van der Waals surface area contributed by atoms with Gasteiger partial charge in [-0.1, -0.05) is 60.0 Å². The van der Waals surface area contributed by atoms with E-state index in [-0.39, 0.29) is 0 Å². The zero-order chi connectivity index (χ0) is 17.3. The molecule has 0 bridgehead atoms. The van der Waals surface area contributed by atoms with Gasteiger partial charge in [-0.15, -0.1) is 0 Å². The standard InChI is InChI=1S/C16H36P.C3H4O2/c1-5-9-13-17(14-10-6-2,15-11-7-3)16-12-8-4;1-2-3(4)5/h5-16H2,1-4H3;2H,1H2,(H,4,5)/q+1;/p-1. The largest absolute Gasteiger partial charge is 0.545 e. The van der Waals surface area contributed by atoms with Crippen molar-refractivity contribution in [1.29, 1.82) is 0 Å². The molecule has 0 aliphatic carbocycles. The van der Waals surface area contributed by atoms with Crippen LogP contribution in [0.3, 0.4) is 0 Å². The van der Waals surface area contributed by atoms with Gasteiger partial charge in [0.25, 0.3) is 0 Å². The maximum atomic E-state index is 9.14. The first-order valence-corrected chi connectivity index (χ1v) is 11.7. The van der Waals surface area contributed by atoms with Gasteiger partial charge in [-0.25, -0.2) is 0 Å². The van der Waals surface area contributed by atoms with Crippen LogP contribution in [0.4, 0.5) is 0 Å². The van der Waals surface area contributed by atoms with Crippen LogP contribution in [0, 0.1) is 0 Å². The number of carbonyl (C=O) groups is 1. The Kier molecular flexibility index (Phi) is 18.5. The first kappa shape index (κ1) is 23.9. The highest BCUT2D eigenvalue weighted by Gasteiger charge is 2.34. The molecule has 0 radical (unpaired) electrons. The Morgan fingerprint density at radius 1 is 0.818 bits per heavy atom. The lowest BCUT2D eigenvalue weighted by atomic mass is 10.4. The van der Waals surface area contributed by atoms with Crippen molar-refractivity contribution >= 4 is 13.2 Å². The summed E-state index contributed by atoms with van der Waals surface area (Å²) in [5.41, 5.74) is 0. The molecule has 0 aromatic heterocycles. The van der Waals surface area contributed by atoms with Gasteiger partial charge in [0, 0.05) is 7.26 Å². The van der Waals surface area contributed by atoms with Crippen molar-refractivity contribution in [3.63, 3.8) is 0 Å². The SMILES string of the molecule is C=CC(=O)[O-].CCCC[P+](CCCC)(CCCC)CCCC. The van der Waals surface area contributed by atoms with Crippen LogP contribution in [0.15, 0.2) is 12.7 Å². The number of carboxylic acids is 1. The predicted octanol–water partition coefficient (Wildman–Crippen LogP) is 5.13. The lowest BCUT2D eigenvalue weighted by Crippen LogP contribution is -2.17. The number of hydrogen-bond acceptors (Lipinski definition) is 2. The quantitative estimate of drug-likeness (QED) is 0.347. The summed E-state index contributed by atoms with van der Waals surface area (Å²) in [6, 6.07) is 0.